The number of hydrogen-bond donors (Lipinski definition) is 0. The Hall–Kier alpha value is -1.56. The predicted molar refractivity (Wildman–Crippen MR) is 85.7 cm³/mol. The topological polar surface area (TPSA) is 63.7 Å². The molecule has 1 aromatic rings. The van der Waals surface area contributed by atoms with E-state index in [0.717, 1.165) is 11.3 Å². The van der Waals surface area contributed by atoms with Crippen molar-refractivity contribution in [3.05, 3.63) is 29.8 Å². The molecule has 0 saturated carbocycles. The SMILES string of the molecule is Cc1ccccc1OCCN(C)C(=O)CC1CCS(=O)(=O)C1. The summed E-state index contributed by atoms with van der Waals surface area (Å²) in [6.07, 6.45) is 0.904. The molecular formula is C16H23NO4S. The van der Waals surface area contributed by atoms with Crippen LogP contribution in [0.25, 0.3) is 0 Å². The molecule has 1 unspecified atom stereocenters. The lowest BCUT2D eigenvalue weighted by Gasteiger charge is -2.19. The summed E-state index contributed by atoms with van der Waals surface area (Å²) < 4.78 is 28.5. The summed E-state index contributed by atoms with van der Waals surface area (Å²) in [5.41, 5.74) is 1.06. The van der Waals surface area contributed by atoms with E-state index in [9.17, 15) is 13.2 Å². The fourth-order valence-corrected chi connectivity index (χ4v) is 4.43. The van der Waals surface area contributed by atoms with Crippen LogP contribution in [0.2, 0.25) is 0 Å². The Morgan fingerprint density at radius 3 is 2.73 bits per heavy atom. The first-order valence-corrected chi connectivity index (χ1v) is 9.32. The molecule has 1 heterocycles. The van der Waals surface area contributed by atoms with Crippen LogP contribution in [0, 0.1) is 12.8 Å². The van der Waals surface area contributed by atoms with Crippen molar-refractivity contribution in [2.75, 3.05) is 31.7 Å². The minimum atomic E-state index is -2.92. The third-order valence-corrected chi connectivity index (χ3v) is 5.83. The van der Waals surface area contributed by atoms with Crippen LogP contribution in [-0.4, -0.2) is 50.9 Å². The van der Waals surface area contributed by atoms with Crippen molar-refractivity contribution < 1.29 is 17.9 Å². The Labute approximate surface area is 132 Å². The van der Waals surface area contributed by atoms with E-state index < -0.39 is 9.84 Å². The summed E-state index contributed by atoms with van der Waals surface area (Å²) in [5, 5.41) is 0. The van der Waals surface area contributed by atoms with E-state index in [2.05, 4.69) is 0 Å². The van der Waals surface area contributed by atoms with E-state index in [1.807, 2.05) is 31.2 Å². The smallest absolute Gasteiger partial charge is 0.222 e. The van der Waals surface area contributed by atoms with Gasteiger partial charge in [-0.3, -0.25) is 4.79 Å². The van der Waals surface area contributed by atoms with Crippen molar-refractivity contribution in [2.45, 2.75) is 19.8 Å². The molecule has 1 atom stereocenters. The molecule has 1 aromatic carbocycles. The molecule has 1 aliphatic rings. The first-order chi connectivity index (χ1) is 10.4. The lowest BCUT2D eigenvalue weighted by atomic mass is 10.0. The molecule has 22 heavy (non-hydrogen) atoms. The molecule has 1 aliphatic heterocycles. The first kappa shape index (κ1) is 16.8. The Bertz CT molecular complexity index is 627. The van der Waals surface area contributed by atoms with Crippen LogP contribution in [0.4, 0.5) is 0 Å². The highest BCUT2D eigenvalue weighted by Crippen LogP contribution is 2.22. The normalized spacial score (nSPS) is 19.8. The second kappa shape index (κ2) is 7.13. The number of aryl methyl sites for hydroxylation is 1. The van der Waals surface area contributed by atoms with E-state index in [0.29, 0.717) is 26.0 Å². The number of amides is 1. The fourth-order valence-electron chi connectivity index (χ4n) is 2.57. The molecule has 0 aromatic heterocycles. The van der Waals surface area contributed by atoms with Gasteiger partial charge >= 0.3 is 0 Å². The van der Waals surface area contributed by atoms with Crippen molar-refractivity contribution in [2.24, 2.45) is 5.92 Å². The number of hydrogen-bond acceptors (Lipinski definition) is 4. The number of carbonyl (C=O) groups is 1. The maximum Gasteiger partial charge on any atom is 0.222 e. The molecule has 0 radical (unpaired) electrons. The molecule has 5 nitrogen and oxygen atoms in total. The van der Waals surface area contributed by atoms with Gasteiger partial charge in [-0.15, -0.1) is 0 Å². The molecular weight excluding hydrogens is 302 g/mol. The van der Waals surface area contributed by atoms with Crippen LogP contribution >= 0.6 is 0 Å². The minimum Gasteiger partial charge on any atom is -0.491 e. The van der Waals surface area contributed by atoms with E-state index >= 15 is 0 Å². The highest BCUT2D eigenvalue weighted by atomic mass is 32.2. The third kappa shape index (κ3) is 4.73. The van der Waals surface area contributed by atoms with Gasteiger partial charge in [0.15, 0.2) is 9.84 Å². The van der Waals surface area contributed by atoms with Crippen molar-refractivity contribution in [3.63, 3.8) is 0 Å². The highest BCUT2D eigenvalue weighted by Gasteiger charge is 2.30. The summed E-state index contributed by atoms with van der Waals surface area (Å²) in [6.45, 7) is 2.90. The number of carbonyl (C=O) groups excluding carboxylic acids is 1. The van der Waals surface area contributed by atoms with Crippen molar-refractivity contribution in [3.8, 4) is 5.75 Å². The molecule has 0 spiro atoms. The number of para-hydroxylation sites is 1. The molecule has 0 bridgehead atoms. The monoisotopic (exact) mass is 325 g/mol. The molecule has 2 rings (SSSR count). The average Bonchev–Trinajstić information content (AvgIpc) is 2.79. The van der Waals surface area contributed by atoms with Crippen molar-refractivity contribution in [1.29, 1.82) is 0 Å². The van der Waals surface area contributed by atoms with Gasteiger partial charge in [-0.25, -0.2) is 8.42 Å². The van der Waals surface area contributed by atoms with Crippen LogP contribution < -0.4 is 4.74 Å². The van der Waals surface area contributed by atoms with Crippen LogP contribution in [0.3, 0.4) is 0 Å². The standard InChI is InChI=1S/C16H23NO4S/c1-13-5-3-4-6-15(13)21-9-8-17(2)16(18)11-14-7-10-22(19,20)12-14/h3-6,14H,7-12H2,1-2H3. The van der Waals surface area contributed by atoms with Crippen LogP contribution in [-0.2, 0) is 14.6 Å². The van der Waals surface area contributed by atoms with Gasteiger partial charge in [0.25, 0.3) is 0 Å². The number of benzene rings is 1. The molecule has 1 saturated heterocycles. The van der Waals surface area contributed by atoms with Crippen LogP contribution in [0.15, 0.2) is 24.3 Å². The number of rotatable bonds is 6. The molecule has 122 valence electrons. The Kier molecular flexibility index (Phi) is 5.45. The average molecular weight is 325 g/mol. The van der Waals surface area contributed by atoms with Gasteiger partial charge in [-0.05, 0) is 30.9 Å². The van der Waals surface area contributed by atoms with Gasteiger partial charge in [0, 0.05) is 13.5 Å². The summed E-state index contributed by atoms with van der Waals surface area (Å²) in [5.74, 6) is 1.13. The second-order valence-corrected chi connectivity index (χ2v) is 8.13. The Balaban J connectivity index is 1.74. The van der Waals surface area contributed by atoms with E-state index in [-0.39, 0.29) is 23.3 Å². The number of sulfone groups is 1. The number of likely N-dealkylation sites (N-methyl/N-ethyl adjacent to an activating group) is 1. The quantitative estimate of drug-likeness (QED) is 0.798. The predicted octanol–water partition coefficient (Wildman–Crippen LogP) is 1.66. The van der Waals surface area contributed by atoms with Crippen molar-refractivity contribution in [1.82, 2.24) is 4.90 Å². The minimum absolute atomic E-state index is 0.0181. The van der Waals surface area contributed by atoms with Crippen LogP contribution in [0.1, 0.15) is 18.4 Å². The lowest BCUT2D eigenvalue weighted by Crippen LogP contribution is -2.32. The summed E-state index contributed by atoms with van der Waals surface area (Å²) >= 11 is 0. The van der Waals surface area contributed by atoms with Gasteiger partial charge in [0.1, 0.15) is 12.4 Å². The largest absolute Gasteiger partial charge is 0.491 e. The Morgan fingerprint density at radius 2 is 2.09 bits per heavy atom. The highest BCUT2D eigenvalue weighted by molar-refractivity contribution is 7.91. The van der Waals surface area contributed by atoms with Crippen molar-refractivity contribution >= 4 is 15.7 Å². The summed E-state index contributed by atoms with van der Waals surface area (Å²) in [6, 6.07) is 7.75. The van der Waals surface area contributed by atoms with Gasteiger partial charge < -0.3 is 9.64 Å². The summed E-state index contributed by atoms with van der Waals surface area (Å²) in [4.78, 5) is 13.7. The molecule has 0 N–H and O–H groups in total. The fraction of sp³-hybridized carbons (Fsp3) is 0.562. The maximum atomic E-state index is 12.1. The lowest BCUT2D eigenvalue weighted by molar-refractivity contribution is -0.131. The van der Waals surface area contributed by atoms with Crippen LogP contribution in [0.5, 0.6) is 5.75 Å². The maximum absolute atomic E-state index is 12.1. The number of nitrogens with zero attached hydrogens (tertiary/aromatic N) is 1. The first-order valence-electron chi connectivity index (χ1n) is 7.50. The van der Waals surface area contributed by atoms with Gasteiger partial charge in [-0.2, -0.15) is 0 Å². The zero-order valence-corrected chi connectivity index (χ0v) is 13.9. The van der Waals surface area contributed by atoms with E-state index in [1.54, 1.807) is 11.9 Å². The van der Waals surface area contributed by atoms with Gasteiger partial charge in [-0.1, -0.05) is 18.2 Å². The summed E-state index contributed by atoms with van der Waals surface area (Å²) in [7, 11) is -1.19. The van der Waals surface area contributed by atoms with Gasteiger partial charge in [0.2, 0.25) is 5.91 Å². The van der Waals surface area contributed by atoms with Gasteiger partial charge in [0.05, 0.1) is 18.1 Å². The molecule has 0 aliphatic carbocycles. The molecule has 1 fully saturated rings. The van der Waals surface area contributed by atoms with E-state index in [1.165, 1.54) is 0 Å². The third-order valence-electron chi connectivity index (χ3n) is 3.99. The molecule has 1 amide bonds. The number of ether oxygens (including phenoxy) is 1. The zero-order valence-electron chi connectivity index (χ0n) is 13.1. The van der Waals surface area contributed by atoms with E-state index in [4.69, 9.17) is 4.74 Å². The molecule has 6 heteroatoms. The Morgan fingerprint density at radius 1 is 1.36 bits per heavy atom. The second-order valence-electron chi connectivity index (χ2n) is 5.90. The zero-order chi connectivity index (χ0) is 16.2.